The molecule has 0 bridgehead atoms. The predicted molar refractivity (Wildman–Crippen MR) is 91.6 cm³/mol. The summed E-state index contributed by atoms with van der Waals surface area (Å²) in [5, 5.41) is 0. The molecule has 0 aliphatic heterocycles. The molecule has 26 heavy (non-hydrogen) atoms. The lowest BCUT2D eigenvalue weighted by molar-refractivity contribution is -0.135. The molecule has 9 heteroatoms. The first-order valence-corrected chi connectivity index (χ1v) is 9.41. The third-order valence-electron chi connectivity index (χ3n) is 3.24. The van der Waals surface area contributed by atoms with Gasteiger partial charge in [0, 0.05) is 16.3 Å². The normalized spacial score (nSPS) is 12.0. The molecule has 0 aliphatic rings. The van der Waals surface area contributed by atoms with Crippen LogP contribution in [0.3, 0.4) is 0 Å². The molecule has 0 unspecified atom stereocenters. The van der Waals surface area contributed by atoms with Crippen LogP contribution in [0.4, 0.5) is 8.78 Å². The van der Waals surface area contributed by atoms with Crippen LogP contribution < -0.4 is 4.74 Å². The van der Waals surface area contributed by atoms with Gasteiger partial charge in [0.25, 0.3) is 9.05 Å². The van der Waals surface area contributed by atoms with Gasteiger partial charge < -0.3 is 9.47 Å². The SMILES string of the molecule is COC(=O)/C(C)=C/c1cc(F)c(Oc2ccc(S(=O)(=O)Cl)cc2)c(F)c1. The Balaban J connectivity index is 2.30. The Morgan fingerprint density at radius 3 is 2.12 bits per heavy atom. The number of hydrogen-bond acceptors (Lipinski definition) is 5. The zero-order chi connectivity index (χ0) is 19.5. The number of methoxy groups -OCH3 is 1. The van der Waals surface area contributed by atoms with Gasteiger partial charge in [-0.2, -0.15) is 0 Å². The fourth-order valence-corrected chi connectivity index (χ4v) is 2.79. The minimum atomic E-state index is -3.91. The smallest absolute Gasteiger partial charge is 0.333 e. The molecule has 138 valence electrons. The Hall–Kier alpha value is -2.45. The van der Waals surface area contributed by atoms with Gasteiger partial charge >= 0.3 is 5.97 Å². The third kappa shape index (κ3) is 4.80. The van der Waals surface area contributed by atoms with Crippen molar-refractivity contribution >= 4 is 31.8 Å². The third-order valence-corrected chi connectivity index (χ3v) is 4.61. The lowest BCUT2D eigenvalue weighted by Gasteiger charge is -2.09. The molecule has 0 aliphatic carbocycles. The number of ether oxygens (including phenoxy) is 2. The maximum absolute atomic E-state index is 14.2. The average molecular weight is 403 g/mol. The summed E-state index contributed by atoms with van der Waals surface area (Å²) < 4.78 is 60.3. The number of rotatable bonds is 5. The second-order valence-electron chi connectivity index (χ2n) is 5.14. The van der Waals surface area contributed by atoms with E-state index in [1.165, 1.54) is 32.2 Å². The topological polar surface area (TPSA) is 69.7 Å². The highest BCUT2D eigenvalue weighted by atomic mass is 35.7. The van der Waals surface area contributed by atoms with E-state index in [2.05, 4.69) is 4.74 Å². The highest BCUT2D eigenvalue weighted by Crippen LogP contribution is 2.30. The summed E-state index contributed by atoms with van der Waals surface area (Å²) in [5.74, 6) is -3.27. The minimum Gasteiger partial charge on any atom is -0.466 e. The van der Waals surface area contributed by atoms with Crippen LogP contribution in [-0.2, 0) is 18.6 Å². The molecule has 0 aromatic heterocycles. The fourth-order valence-electron chi connectivity index (χ4n) is 2.02. The van der Waals surface area contributed by atoms with Crippen LogP contribution in [-0.4, -0.2) is 21.5 Å². The zero-order valence-electron chi connectivity index (χ0n) is 13.6. The maximum Gasteiger partial charge on any atom is 0.333 e. The fraction of sp³-hybridized carbons (Fsp3) is 0.118. The Bertz CT molecular complexity index is 946. The van der Waals surface area contributed by atoms with Crippen molar-refractivity contribution in [3.8, 4) is 11.5 Å². The van der Waals surface area contributed by atoms with Crippen LogP contribution >= 0.6 is 10.7 Å². The van der Waals surface area contributed by atoms with E-state index in [0.717, 1.165) is 24.3 Å². The molecule has 2 rings (SSSR count). The van der Waals surface area contributed by atoms with E-state index < -0.39 is 32.4 Å². The summed E-state index contributed by atoms with van der Waals surface area (Å²) in [6.45, 7) is 1.44. The highest BCUT2D eigenvalue weighted by Gasteiger charge is 2.15. The lowest BCUT2D eigenvalue weighted by atomic mass is 10.1. The van der Waals surface area contributed by atoms with E-state index >= 15 is 0 Å². The van der Waals surface area contributed by atoms with Crippen molar-refractivity contribution in [1.29, 1.82) is 0 Å². The van der Waals surface area contributed by atoms with Gasteiger partial charge in [-0.05, 0) is 55.0 Å². The molecule has 0 saturated carbocycles. The van der Waals surface area contributed by atoms with Crippen LogP contribution in [0, 0.1) is 11.6 Å². The standard InChI is InChI=1S/C17H13ClF2O5S/c1-10(17(21)24-2)7-11-8-14(19)16(15(20)9-11)25-12-3-5-13(6-4-12)26(18,22)23/h3-9H,1-2H3/b10-7+. The first kappa shape index (κ1) is 19.9. The van der Waals surface area contributed by atoms with Gasteiger partial charge in [0.05, 0.1) is 12.0 Å². The molecular formula is C17H13ClF2O5S. The van der Waals surface area contributed by atoms with E-state index in [-0.39, 0.29) is 21.8 Å². The van der Waals surface area contributed by atoms with Crippen molar-refractivity contribution in [2.45, 2.75) is 11.8 Å². The molecule has 5 nitrogen and oxygen atoms in total. The van der Waals surface area contributed by atoms with E-state index in [1.54, 1.807) is 0 Å². The maximum atomic E-state index is 14.2. The molecular weight excluding hydrogens is 390 g/mol. The van der Waals surface area contributed by atoms with Crippen molar-refractivity contribution in [3.63, 3.8) is 0 Å². The Morgan fingerprint density at radius 1 is 1.12 bits per heavy atom. The second kappa shape index (κ2) is 7.84. The van der Waals surface area contributed by atoms with E-state index in [4.69, 9.17) is 15.4 Å². The van der Waals surface area contributed by atoms with Gasteiger partial charge in [-0.1, -0.05) is 0 Å². The van der Waals surface area contributed by atoms with Gasteiger partial charge in [0.2, 0.25) is 0 Å². The van der Waals surface area contributed by atoms with Crippen molar-refractivity contribution < 1.29 is 31.5 Å². The van der Waals surface area contributed by atoms with Crippen molar-refractivity contribution in [2.24, 2.45) is 0 Å². The number of carbonyl (C=O) groups is 1. The summed E-state index contributed by atoms with van der Waals surface area (Å²) in [4.78, 5) is 11.2. The monoisotopic (exact) mass is 402 g/mol. The molecule has 0 amide bonds. The molecule has 0 heterocycles. The lowest BCUT2D eigenvalue weighted by Crippen LogP contribution is -2.01. The Kier molecular flexibility index (Phi) is 5.99. The van der Waals surface area contributed by atoms with E-state index in [1.807, 2.05) is 0 Å². The van der Waals surface area contributed by atoms with Gasteiger partial charge in [-0.25, -0.2) is 22.0 Å². The zero-order valence-corrected chi connectivity index (χ0v) is 15.2. The molecule has 0 radical (unpaired) electrons. The van der Waals surface area contributed by atoms with Crippen molar-refractivity contribution in [3.05, 3.63) is 59.2 Å². The van der Waals surface area contributed by atoms with Crippen molar-refractivity contribution in [2.75, 3.05) is 7.11 Å². The summed E-state index contributed by atoms with van der Waals surface area (Å²) >= 11 is 0. The van der Waals surface area contributed by atoms with Crippen LogP contribution in [0.5, 0.6) is 11.5 Å². The average Bonchev–Trinajstić information content (AvgIpc) is 2.57. The largest absolute Gasteiger partial charge is 0.466 e. The molecule has 0 N–H and O–H groups in total. The number of carbonyl (C=O) groups excluding carboxylic acids is 1. The first-order valence-electron chi connectivity index (χ1n) is 7.10. The van der Waals surface area contributed by atoms with Crippen molar-refractivity contribution in [1.82, 2.24) is 0 Å². The molecule has 0 fully saturated rings. The van der Waals surface area contributed by atoms with Gasteiger partial charge in [0.15, 0.2) is 17.4 Å². The first-order chi connectivity index (χ1) is 12.1. The second-order valence-corrected chi connectivity index (χ2v) is 7.71. The Labute approximate surface area is 153 Å². The number of hydrogen-bond donors (Lipinski definition) is 0. The quantitative estimate of drug-likeness (QED) is 0.424. The predicted octanol–water partition coefficient (Wildman–Crippen LogP) is 4.26. The summed E-state index contributed by atoms with van der Waals surface area (Å²) in [5.41, 5.74) is 0.275. The molecule has 2 aromatic carbocycles. The van der Waals surface area contributed by atoms with Gasteiger partial charge in [0.1, 0.15) is 5.75 Å². The van der Waals surface area contributed by atoms with E-state index in [0.29, 0.717) is 0 Å². The minimum absolute atomic E-state index is 0.0147. The van der Waals surface area contributed by atoms with Gasteiger partial charge in [-0.3, -0.25) is 0 Å². The molecule has 2 aromatic rings. The van der Waals surface area contributed by atoms with Crippen LogP contribution in [0.25, 0.3) is 6.08 Å². The van der Waals surface area contributed by atoms with E-state index in [9.17, 15) is 22.0 Å². The highest BCUT2D eigenvalue weighted by molar-refractivity contribution is 8.13. The molecule has 0 spiro atoms. The molecule has 0 atom stereocenters. The Morgan fingerprint density at radius 2 is 1.65 bits per heavy atom. The van der Waals surface area contributed by atoms with Crippen LogP contribution in [0.2, 0.25) is 0 Å². The summed E-state index contributed by atoms with van der Waals surface area (Å²) in [6, 6.07) is 6.69. The van der Waals surface area contributed by atoms with Crippen LogP contribution in [0.1, 0.15) is 12.5 Å². The van der Waals surface area contributed by atoms with Crippen LogP contribution in [0.15, 0.2) is 46.9 Å². The number of benzene rings is 2. The summed E-state index contributed by atoms with van der Waals surface area (Å²) in [6.07, 6.45) is 1.27. The van der Waals surface area contributed by atoms with Gasteiger partial charge in [-0.15, -0.1) is 0 Å². The number of halogens is 3. The summed E-state index contributed by atoms with van der Waals surface area (Å²) in [7, 11) is 2.47. The number of esters is 1. The molecule has 0 saturated heterocycles.